The largest absolute Gasteiger partial charge is 0.466 e. The Morgan fingerprint density at radius 3 is 1.84 bits per heavy atom. The molecule has 1 heterocycles. The number of esters is 1. The van der Waals surface area contributed by atoms with Crippen LogP contribution in [0, 0.1) is 0 Å². The van der Waals surface area contributed by atoms with Crippen LogP contribution in [0.2, 0.25) is 0 Å². The van der Waals surface area contributed by atoms with Gasteiger partial charge >= 0.3 is 5.97 Å². The molecule has 4 heteroatoms. The molecule has 1 saturated heterocycles. The molecule has 0 amide bonds. The van der Waals surface area contributed by atoms with Crippen molar-refractivity contribution in [2.24, 2.45) is 0 Å². The van der Waals surface area contributed by atoms with Crippen LogP contribution in [0.1, 0.15) is 48.0 Å². The predicted molar refractivity (Wildman–Crippen MR) is 82.5 cm³/mol. The molecular formula is C15H34N2O2. The minimum atomic E-state index is -0.0737. The second kappa shape index (κ2) is 15.4. The lowest BCUT2D eigenvalue weighted by Crippen LogP contribution is -2.46. The smallest absolute Gasteiger partial charge is 0.307 e. The molecule has 1 aliphatic rings. The number of ether oxygens (including phenoxy) is 1. The lowest BCUT2D eigenvalue weighted by Gasteiger charge is -2.33. The molecule has 0 spiro atoms. The molecule has 116 valence electrons. The van der Waals surface area contributed by atoms with Gasteiger partial charge in [0, 0.05) is 32.7 Å². The van der Waals surface area contributed by atoms with Crippen LogP contribution in [-0.2, 0) is 9.53 Å². The summed E-state index contributed by atoms with van der Waals surface area (Å²) < 4.78 is 4.90. The lowest BCUT2D eigenvalue weighted by molar-refractivity contribution is -0.143. The van der Waals surface area contributed by atoms with Gasteiger partial charge in [-0.25, -0.2) is 0 Å². The molecule has 0 aromatic heterocycles. The SMILES string of the molecule is CC.CC.CCOC(=O)CCN1CCN(CC)CC1. The van der Waals surface area contributed by atoms with Gasteiger partial charge in [-0.1, -0.05) is 34.6 Å². The average Bonchev–Trinajstić information content (AvgIpc) is 2.50. The van der Waals surface area contributed by atoms with Crippen molar-refractivity contribution in [1.29, 1.82) is 0 Å². The van der Waals surface area contributed by atoms with E-state index in [1.165, 1.54) is 0 Å². The Kier molecular flexibility index (Phi) is 16.8. The molecule has 0 N–H and O–H groups in total. The number of carbonyl (C=O) groups excluding carboxylic acids is 1. The fourth-order valence-corrected chi connectivity index (χ4v) is 1.81. The van der Waals surface area contributed by atoms with Gasteiger partial charge in [0.2, 0.25) is 0 Å². The van der Waals surface area contributed by atoms with Crippen molar-refractivity contribution in [3.8, 4) is 0 Å². The Labute approximate surface area is 120 Å². The summed E-state index contributed by atoms with van der Waals surface area (Å²) in [7, 11) is 0. The molecule has 0 bridgehead atoms. The summed E-state index contributed by atoms with van der Waals surface area (Å²) in [5.41, 5.74) is 0. The van der Waals surface area contributed by atoms with E-state index in [9.17, 15) is 4.79 Å². The first-order valence-corrected chi connectivity index (χ1v) is 7.86. The van der Waals surface area contributed by atoms with E-state index in [0.717, 1.165) is 39.3 Å². The molecule has 1 rings (SSSR count). The number of rotatable bonds is 5. The van der Waals surface area contributed by atoms with Crippen LogP contribution in [0.25, 0.3) is 0 Å². The molecule has 0 unspecified atom stereocenters. The Bertz CT molecular complexity index is 191. The third kappa shape index (κ3) is 11.0. The molecule has 19 heavy (non-hydrogen) atoms. The molecule has 0 atom stereocenters. The zero-order valence-electron chi connectivity index (χ0n) is 13.9. The summed E-state index contributed by atoms with van der Waals surface area (Å²) in [4.78, 5) is 15.9. The van der Waals surface area contributed by atoms with E-state index in [2.05, 4.69) is 16.7 Å². The molecule has 1 aliphatic heterocycles. The van der Waals surface area contributed by atoms with E-state index < -0.39 is 0 Å². The number of nitrogens with zero attached hydrogens (tertiary/aromatic N) is 2. The summed E-state index contributed by atoms with van der Waals surface area (Å²) in [6.45, 7) is 18.9. The van der Waals surface area contributed by atoms with Crippen molar-refractivity contribution >= 4 is 5.97 Å². The number of hydrogen-bond acceptors (Lipinski definition) is 4. The zero-order valence-corrected chi connectivity index (χ0v) is 13.9. The summed E-state index contributed by atoms with van der Waals surface area (Å²) in [5.74, 6) is -0.0737. The van der Waals surface area contributed by atoms with E-state index in [1.807, 2.05) is 34.6 Å². The minimum Gasteiger partial charge on any atom is -0.466 e. The first-order valence-electron chi connectivity index (χ1n) is 7.86. The fourth-order valence-electron chi connectivity index (χ4n) is 1.81. The van der Waals surface area contributed by atoms with Crippen molar-refractivity contribution in [2.45, 2.75) is 48.0 Å². The second-order valence-corrected chi connectivity index (χ2v) is 3.83. The Morgan fingerprint density at radius 2 is 1.42 bits per heavy atom. The van der Waals surface area contributed by atoms with E-state index in [1.54, 1.807) is 0 Å². The number of carbonyl (C=O) groups is 1. The molecule has 0 saturated carbocycles. The summed E-state index contributed by atoms with van der Waals surface area (Å²) >= 11 is 0. The highest BCUT2D eigenvalue weighted by Crippen LogP contribution is 2.02. The second-order valence-electron chi connectivity index (χ2n) is 3.83. The van der Waals surface area contributed by atoms with E-state index in [-0.39, 0.29) is 5.97 Å². The van der Waals surface area contributed by atoms with Crippen LogP contribution in [0.4, 0.5) is 0 Å². The Morgan fingerprint density at radius 1 is 0.947 bits per heavy atom. The van der Waals surface area contributed by atoms with Gasteiger partial charge in [-0.3, -0.25) is 4.79 Å². The number of hydrogen-bond donors (Lipinski definition) is 0. The van der Waals surface area contributed by atoms with Crippen molar-refractivity contribution in [3.05, 3.63) is 0 Å². The van der Waals surface area contributed by atoms with Gasteiger partial charge in [0.25, 0.3) is 0 Å². The van der Waals surface area contributed by atoms with Crippen LogP contribution < -0.4 is 0 Å². The van der Waals surface area contributed by atoms with Gasteiger partial charge in [0.15, 0.2) is 0 Å². The maximum Gasteiger partial charge on any atom is 0.307 e. The third-order valence-corrected chi connectivity index (χ3v) is 2.85. The van der Waals surface area contributed by atoms with E-state index in [0.29, 0.717) is 13.0 Å². The standard InChI is InChI=1S/C11H22N2O2.2C2H6/c1-3-12-7-9-13(10-8-12)6-5-11(14)15-4-2;2*1-2/h3-10H2,1-2H3;2*1-2H3. The Hall–Kier alpha value is -0.610. The van der Waals surface area contributed by atoms with Crippen molar-refractivity contribution in [3.63, 3.8) is 0 Å². The molecule has 1 fully saturated rings. The minimum absolute atomic E-state index is 0.0737. The molecule has 4 nitrogen and oxygen atoms in total. The first kappa shape index (κ1) is 20.7. The third-order valence-electron chi connectivity index (χ3n) is 2.85. The van der Waals surface area contributed by atoms with Crippen molar-refractivity contribution in [2.75, 3.05) is 45.9 Å². The van der Waals surface area contributed by atoms with Crippen LogP contribution >= 0.6 is 0 Å². The molecule has 0 aromatic carbocycles. The van der Waals surface area contributed by atoms with Gasteiger partial charge in [-0.2, -0.15) is 0 Å². The number of piperazine rings is 1. The van der Waals surface area contributed by atoms with Gasteiger partial charge in [0.1, 0.15) is 0 Å². The van der Waals surface area contributed by atoms with Crippen LogP contribution in [-0.4, -0.2) is 61.6 Å². The van der Waals surface area contributed by atoms with Crippen LogP contribution in [0.3, 0.4) is 0 Å². The monoisotopic (exact) mass is 274 g/mol. The molecular weight excluding hydrogens is 240 g/mol. The maximum absolute atomic E-state index is 11.1. The highest BCUT2D eigenvalue weighted by Gasteiger charge is 2.15. The van der Waals surface area contributed by atoms with E-state index in [4.69, 9.17) is 4.74 Å². The van der Waals surface area contributed by atoms with Gasteiger partial charge in [-0.15, -0.1) is 0 Å². The predicted octanol–water partition coefficient (Wildman–Crippen LogP) is 2.63. The van der Waals surface area contributed by atoms with Gasteiger partial charge in [-0.05, 0) is 13.5 Å². The first-order chi connectivity index (χ1) is 9.26. The highest BCUT2D eigenvalue weighted by molar-refractivity contribution is 5.69. The summed E-state index contributed by atoms with van der Waals surface area (Å²) in [6.07, 6.45) is 0.528. The molecule has 0 aromatic rings. The fraction of sp³-hybridized carbons (Fsp3) is 0.933. The maximum atomic E-state index is 11.1. The lowest BCUT2D eigenvalue weighted by atomic mass is 10.3. The number of likely N-dealkylation sites (N-methyl/N-ethyl adjacent to an activating group) is 1. The van der Waals surface area contributed by atoms with E-state index >= 15 is 0 Å². The summed E-state index contributed by atoms with van der Waals surface area (Å²) in [5, 5.41) is 0. The zero-order chi connectivity index (χ0) is 15.1. The highest BCUT2D eigenvalue weighted by atomic mass is 16.5. The van der Waals surface area contributed by atoms with Crippen molar-refractivity contribution < 1.29 is 9.53 Å². The van der Waals surface area contributed by atoms with Crippen LogP contribution in [0.15, 0.2) is 0 Å². The summed E-state index contributed by atoms with van der Waals surface area (Å²) in [6, 6.07) is 0. The Balaban J connectivity index is 0. The quantitative estimate of drug-likeness (QED) is 0.722. The topological polar surface area (TPSA) is 32.8 Å². The van der Waals surface area contributed by atoms with Crippen LogP contribution in [0.5, 0.6) is 0 Å². The normalized spacial score (nSPS) is 15.7. The van der Waals surface area contributed by atoms with Crippen molar-refractivity contribution in [1.82, 2.24) is 9.80 Å². The van der Waals surface area contributed by atoms with Gasteiger partial charge in [0.05, 0.1) is 13.0 Å². The van der Waals surface area contributed by atoms with Gasteiger partial charge < -0.3 is 14.5 Å². The average molecular weight is 274 g/mol. The molecule has 0 radical (unpaired) electrons. The molecule has 0 aliphatic carbocycles.